The van der Waals surface area contributed by atoms with E-state index in [2.05, 4.69) is 38.9 Å². The number of aliphatic hydroxyl groups excluding tert-OH is 1. The number of urea groups is 1. The average Bonchev–Trinajstić information content (AvgIpc) is 2.98. The summed E-state index contributed by atoms with van der Waals surface area (Å²) in [7, 11) is 0. The molecule has 2 amide bonds. The molecule has 0 radical (unpaired) electrons. The third-order valence-electron chi connectivity index (χ3n) is 4.05. The highest BCUT2D eigenvalue weighted by molar-refractivity contribution is 5.88. The fourth-order valence-electron chi connectivity index (χ4n) is 2.87. The molecule has 7 heteroatoms. The normalized spacial score (nSPS) is 15.6. The molecule has 0 spiro atoms. The third kappa shape index (κ3) is 4.33. The number of aryl methyl sites for hydroxylation is 1. The molecule has 1 unspecified atom stereocenters. The van der Waals surface area contributed by atoms with Crippen molar-refractivity contribution in [3.8, 4) is 0 Å². The number of anilines is 1. The van der Waals surface area contributed by atoms with E-state index in [1.54, 1.807) is 13.0 Å². The van der Waals surface area contributed by atoms with Crippen LogP contribution >= 0.6 is 0 Å². The third-order valence-corrected chi connectivity index (χ3v) is 4.05. The summed E-state index contributed by atoms with van der Waals surface area (Å²) < 4.78 is 4.87. The van der Waals surface area contributed by atoms with Crippen molar-refractivity contribution in [3.63, 3.8) is 0 Å². The van der Waals surface area contributed by atoms with Crippen LogP contribution in [0.15, 0.2) is 34.9 Å². The Morgan fingerprint density at radius 3 is 2.96 bits per heavy atom. The first-order valence-corrected chi connectivity index (χ1v) is 8.05. The first-order valence-electron chi connectivity index (χ1n) is 8.05. The predicted octanol–water partition coefficient (Wildman–Crippen LogP) is 1.52. The molecule has 3 rings (SSSR count). The predicted molar refractivity (Wildman–Crippen MR) is 89.7 cm³/mol. The molecule has 24 heavy (non-hydrogen) atoms. The zero-order chi connectivity index (χ0) is 16.9. The number of amides is 2. The molecule has 2 heterocycles. The van der Waals surface area contributed by atoms with Crippen LogP contribution in [0.1, 0.15) is 16.9 Å². The van der Waals surface area contributed by atoms with Gasteiger partial charge in [0, 0.05) is 32.2 Å². The number of hydrogen-bond acceptors (Lipinski definition) is 5. The molecule has 7 nitrogen and oxygen atoms in total. The Bertz CT molecular complexity index is 701. The number of hydrogen-bond donors (Lipinski definition) is 3. The Kier molecular flexibility index (Phi) is 5.12. The van der Waals surface area contributed by atoms with Crippen molar-refractivity contribution in [1.82, 2.24) is 15.4 Å². The van der Waals surface area contributed by atoms with Crippen molar-refractivity contribution in [1.29, 1.82) is 0 Å². The second-order valence-corrected chi connectivity index (χ2v) is 6.07. The lowest BCUT2D eigenvalue weighted by Gasteiger charge is -2.30. The lowest BCUT2D eigenvalue weighted by molar-refractivity contribution is 0.106. The molecule has 0 fully saturated rings. The van der Waals surface area contributed by atoms with Gasteiger partial charge in [0.1, 0.15) is 5.76 Å². The lowest BCUT2D eigenvalue weighted by Crippen LogP contribution is -2.43. The smallest absolute Gasteiger partial charge is 0.320 e. The van der Waals surface area contributed by atoms with Crippen molar-refractivity contribution in [2.24, 2.45) is 0 Å². The number of aromatic nitrogens is 1. The van der Waals surface area contributed by atoms with Gasteiger partial charge in [0.15, 0.2) is 5.82 Å². The maximum atomic E-state index is 11.8. The second kappa shape index (κ2) is 7.46. The van der Waals surface area contributed by atoms with Gasteiger partial charge in [0.25, 0.3) is 0 Å². The number of β-amino-alcohol motifs (C(OH)–C–C–N with tert-alkyl or cyclic N) is 1. The van der Waals surface area contributed by atoms with E-state index in [1.807, 2.05) is 6.07 Å². The summed E-state index contributed by atoms with van der Waals surface area (Å²) in [5.74, 6) is 0.975. The fraction of sp³-hybridized carbons (Fsp3) is 0.412. The van der Waals surface area contributed by atoms with Crippen molar-refractivity contribution >= 4 is 11.8 Å². The van der Waals surface area contributed by atoms with E-state index in [9.17, 15) is 9.90 Å². The minimum atomic E-state index is -0.625. The van der Waals surface area contributed by atoms with Crippen molar-refractivity contribution in [2.45, 2.75) is 26.0 Å². The molecular formula is C17H22N4O3. The average molecular weight is 330 g/mol. The monoisotopic (exact) mass is 330 g/mol. The summed E-state index contributed by atoms with van der Waals surface area (Å²) in [6.45, 7) is 4.20. The molecule has 3 N–H and O–H groups in total. The summed E-state index contributed by atoms with van der Waals surface area (Å²) in [5, 5.41) is 19.0. The number of benzene rings is 1. The maximum absolute atomic E-state index is 11.8. The second-order valence-electron chi connectivity index (χ2n) is 6.07. The first kappa shape index (κ1) is 16.5. The van der Waals surface area contributed by atoms with Crippen LogP contribution < -0.4 is 10.6 Å². The molecule has 2 aromatic rings. The quantitative estimate of drug-likeness (QED) is 0.773. The van der Waals surface area contributed by atoms with Crippen LogP contribution in [0.3, 0.4) is 0 Å². The molecule has 0 saturated carbocycles. The Hall–Kier alpha value is -2.38. The highest BCUT2D eigenvalue weighted by atomic mass is 16.5. The van der Waals surface area contributed by atoms with E-state index in [0.29, 0.717) is 18.1 Å². The SMILES string of the molecule is Cc1cc(NC(=O)NCC(O)CN2CCc3ccccc3C2)no1. The van der Waals surface area contributed by atoms with Gasteiger partial charge in [-0.05, 0) is 24.5 Å². The maximum Gasteiger partial charge on any atom is 0.320 e. The zero-order valence-corrected chi connectivity index (χ0v) is 13.7. The van der Waals surface area contributed by atoms with E-state index < -0.39 is 12.1 Å². The highest BCUT2D eigenvalue weighted by Gasteiger charge is 2.18. The van der Waals surface area contributed by atoms with Crippen LogP contribution in [0.25, 0.3) is 0 Å². The molecule has 1 aliphatic rings. The number of rotatable bonds is 5. The largest absolute Gasteiger partial charge is 0.390 e. The number of fused-ring (bicyclic) bond motifs is 1. The van der Waals surface area contributed by atoms with Gasteiger partial charge in [0.2, 0.25) is 0 Å². The van der Waals surface area contributed by atoms with Crippen molar-refractivity contribution in [2.75, 3.05) is 25.0 Å². The van der Waals surface area contributed by atoms with Gasteiger partial charge < -0.3 is 14.9 Å². The van der Waals surface area contributed by atoms with Gasteiger partial charge >= 0.3 is 6.03 Å². The van der Waals surface area contributed by atoms with Crippen LogP contribution in [0.4, 0.5) is 10.6 Å². The number of nitrogens with one attached hydrogen (secondary N) is 2. The molecule has 1 aromatic carbocycles. The Balaban J connectivity index is 1.41. The number of aliphatic hydroxyl groups is 1. The van der Waals surface area contributed by atoms with Gasteiger partial charge in [-0.3, -0.25) is 10.2 Å². The van der Waals surface area contributed by atoms with Crippen molar-refractivity contribution < 1.29 is 14.4 Å². The van der Waals surface area contributed by atoms with E-state index in [0.717, 1.165) is 19.5 Å². The number of nitrogens with zero attached hydrogens (tertiary/aromatic N) is 2. The van der Waals surface area contributed by atoms with Crippen LogP contribution in [0.5, 0.6) is 0 Å². The van der Waals surface area contributed by atoms with E-state index in [1.165, 1.54) is 11.1 Å². The summed E-state index contributed by atoms with van der Waals surface area (Å²) in [5.41, 5.74) is 2.69. The fourth-order valence-corrected chi connectivity index (χ4v) is 2.87. The van der Waals surface area contributed by atoms with Gasteiger partial charge in [-0.15, -0.1) is 0 Å². The summed E-state index contributed by atoms with van der Waals surface area (Å²) >= 11 is 0. The highest BCUT2D eigenvalue weighted by Crippen LogP contribution is 2.18. The van der Waals surface area contributed by atoms with Gasteiger partial charge in [-0.2, -0.15) is 0 Å². The summed E-state index contributed by atoms with van der Waals surface area (Å²) in [6.07, 6.45) is 0.363. The standard InChI is InChI=1S/C17H22N4O3/c1-12-8-16(20-24-12)19-17(23)18-9-15(22)11-21-7-6-13-4-2-3-5-14(13)10-21/h2-5,8,15,22H,6-7,9-11H2,1H3,(H2,18,19,20,23). The van der Waals surface area contributed by atoms with Gasteiger partial charge in [0.05, 0.1) is 6.10 Å². The molecule has 0 bridgehead atoms. The molecular weight excluding hydrogens is 308 g/mol. The molecule has 1 atom stereocenters. The van der Waals surface area contributed by atoms with E-state index in [4.69, 9.17) is 4.52 Å². The van der Waals surface area contributed by atoms with E-state index >= 15 is 0 Å². The van der Waals surface area contributed by atoms with Gasteiger partial charge in [-0.25, -0.2) is 4.79 Å². The molecule has 1 aromatic heterocycles. The molecule has 0 saturated heterocycles. The number of carbonyl (C=O) groups is 1. The zero-order valence-electron chi connectivity index (χ0n) is 13.7. The number of carbonyl (C=O) groups excluding carboxylic acids is 1. The Morgan fingerprint density at radius 2 is 2.21 bits per heavy atom. The topological polar surface area (TPSA) is 90.6 Å². The Labute approximate surface area is 140 Å². The molecule has 128 valence electrons. The Morgan fingerprint density at radius 1 is 1.42 bits per heavy atom. The van der Waals surface area contributed by atoms with Crippen LogP contribution in [0, 0.1) is 6.92 Å². The van der Waals surface area contributed by atoms with Crippen LogP contribution in [-0.4, -0.2) is 46.9 Å². The van der Waals surface area contributed by atoms with Crippen molar-refractivity contribution in [3.05, 3.63) is 47.2 Å². The lowest BCUT2D eigenvalue weighted by atomic mass is 10.00. The van der Waals surface area contributed by atoms with Crippen LogP contribution in [-0.2, 0) is 13.0 Å². The summed E-state index contributed by atoms with van der Waals surface area (Å²) in [6, 6.07) is 9.59. The molecule has 1 aliphatic heterocycles. The summed E-state index contributed by atoms with van der Waals surface area (Å²) in [4.78, 5) is 14.0. The van der Waals surface area contributed by atoms with E-state index in [-0.39, 0.29) is 6.54 Å². The van der Waals surface area contributed by atoms with Gasteiger partial charge in [-0.1, -0.05) is 29.4 Å². The molecule has 0 aliphatic carbocycles. The minimum Gasteiger partial charge on any atom is -0.390 e. The minimum absolute atomic E-state index is 0.181. The van der Waals surface area contributed by atoms with Crippen LogP contribution in [0.2, 0.25) is 0 Å². The first-order chi connectivity index (χ1) is 11.6.